The summed E-state index contributed by atoms with van der Waals surface area (Å²) in [5.74, 6) is -0.530. The summed E-state index contributed by atoms with van der Waals surface area (Å²) in [7, 11) is 1.77. The Hall–Kier alpha value is -3.54. The number of amides is 1. The molecule has 2 aromatic heterocycles. The van der Waals surface area contributed by atoms with Crippen molar-refractivity contribution in [2.24, 2.45) is 7.05 Å². The van der Waals surface area contributed by atoms with E-state index in [-0.39, 0.29) is 11.7 Å². The van der Waals surface area contributed by atoms with Crippen molar-refractivity contribution < 1.29 is 9.18 Å². The number of fused-ring (bicyclic) bond motifs is 1. The number of pyridine rings is 1. The van der Waals surface area contributed by atoms with Crippen molar-refractivity contribution in [3.8, 4) is 11.3 Å². The van der Waals surface area contributed by atoms with Crippen LogP contribution in [0.3, 0.4) is 0 Å². The predicted octanol–water partition coefficient (Wildman–Crippen LogP) is 4.14. The molecule has 0 unspecified atom stereocenters. The lowest BCUT2D eigenvalue weighted by Gasteiger charge is -2.09. The summed E-state index contributed by atoms with van der Waals surface area (Å²) in [6.07, 6.45) is 3.37. The van der Waals surface area contributed by atoms with Gasteiger partial charge in [-0.25, -0.2) is 9.37 Å². The first kappa shape index (κ1) is 18.8. The molecule has 146 valence electrons. The van der Waals surface area contributed by atoms with E-state index < -0.39 is 0 Å². The average molecular weight is 388 g/mol. The van der Waals surface area contributed by atoms with E-state index in [1.54, 1.807) is 36.1 Å². The van der Waals surface area contributed by atoms with Crippen LogP contribution >= 0.6 is 0 Å². The third kappa shape index (κ3) is 4.16. The van der Waals surface area contributed by atoms with Gasteiger partial charge in [-0.2, -0.15) is 5.10 Å². The highest BCUT2D eigenvalue weighted by molar-refractivity contribution is 6.06. The van der Waals surface area contributed by atoms with E-state index in [2.05, 4.69) is 27.5 Å². The summed E-state index contributed by atoms with van der Waals surface area (Å²) in [6, 6.07) is 18.1. The van der Waals surface area contributed by atoms with Crippen LogP contribution in [-0.4, -0.2) is 27.2 Å². The standard InChI is InChI=1S/C23H21FN4O/c1-28-22-20(15-26-28)19(14-21(27-22)17-10-5-11-18(24)13-17)23(29)25-12-6-9-16-7-3-2-4-8-16/h2-5,7-8,10-11,13-15H,6,9,12H2,1H3,(H,25,29). The van der Waals surface area contributed by atoms with Crippen LogP contribution in [0.5, 0.6) is 0 Å². The van der Waals surface area contributed by atoms with Gasteiger partial charge in [-0.05, 0) is 36.6 Å². The maximum Gasteiger partial charge on any atom is 0.252 e. The number of hydrogen-bond acceptors (Lipinski definition) is 3. The van der Waals surface area contributed by atoms with Crippen LogP contribution in [0.2, 0.25) is 0 Å². The van der Waals surface area contributed by atoms with E-state index in [1.807, 2.05) is 18.2 Å². The van der Waals surface area contributed by atoms with Crippen molar-refractivity contribution >= 4 is 16.9 Å². The average Bonchev–Trinajstić information content (AvgIpc) is 3.12. The van der Waals surface area contributed by atoms with Gasteiger partial charge < -0.3 is 5.32 Å². The molecular weight excluding hydrogens is 367 g/mol. The molecule has 0 radical (unpaired) electrons. The molecule has 6 heteroatoms. The third-order valence-corrected chi connectivity index (χ3v) is 4.84. The molecule has 5 nitrogen and oxygen atoms in total. The Morgan fingerprint density at radius 2 is 1.93 bits per heavy atom. The Bertz CT molecular complexity index is 1150. The first-order valence-corrected chi connectivity index (χ1v) is 9.52. The molecular formula is C23H21FN4O. The fraction of sp³-hybridized carbons (Fsp3) is 0.174. The van der Waals surface area contributed by atoms with E-state index in [0.717, 1.165) is 12.8 Å². The molecule has 0 aliphatic carbocycles. The third-order valence-electron chi connectivity index (χ3n) is 4.84. The van der Waals surface area contributed by atoms with Crippen molar-refractivity contribution in [2.45, 2.75) is 12.8 Å². The van der Waals surface area contributed by atoms with E-state index in [1.165, 1.54) is 17.7 Å². The normalized spacial score (nSPS) is 11.0. The number of rotatable bonds is 6. The second-order valence-corrected chi connectivity index (χ2v) is 6.92. The van der Waals surface area contributed by atoms with Gasteiger partial charge in [0.05, 0.1) is 22.8 Å². The molecule has 29 heavy (non-hydrogen) atoms. The Morgan fingerprint density at radius 3 is 2.72 bits per heavy atom. The lowest BCUT2D eigenvalue weighted by Crippen LogP contribution is -2.25. The van der Waals surface area contributed by atoms with E-state index in [0.29, 0.717) is 34.4 Å². The first-order chi connectivity index (χ1) is 14.1. The highest BCUT2D eigenvalue weighted by Gasteiger charge is 2.16. The number of halogens is 1. The van der Waals surface area contributed by atoms with Gasteiger partial charge in [-0.1, -0.05) is 42.5 Å². The lowest BCUT2D eigenvalue weighted by atomic mass is 10.1. The summed E-state index contributed by atoms with van der Waals surface area (Å²) >= 11 is 0. The molecule has 0 saturated carbocycles. The van der Waals surface area contributed by atoms with Crippen LogP contribution in [0, 0.1) is 5.82 Å². The molecule has 4 aromatic rings. The van der Waals surface area contributed by atoms with Gasteiger partial charge in [0.15, 0.2) is 5.65 Å². The van der Waals surface area contributed by atoms with E-state index >= 15 is 0 Å². The Kier molecular flexibility index (Phi) is 5.33. The molecule has 0 aliphatic heterocycles. The number of benzene rings is 2. The number of nitrogens with zero attached hydrogens (tertiary/aromatic N) is 3. The minimum Gasteiger partial charge on any atom is -0.352 e. The van der Waals surface area contributed by atoms with Crippen molar-refractivity contribution in [3.63, 3.8) is 0 Å². The van der Waals surface area contributed by atoms with Crippen LogP contribution in [0.4, 0.5) is 4.39 Å². The second kappa shape index (κ2) is 8.22. The molecule has 0 saturated heterocycles. The summed E-state index contributed by atoms with van der Waals surface area (Å²) < 4.78 is 15.3. The summed E-state index contributed by atoms with van der Waals surface area (Å²) in [5.41, 5.74) is 3.47. The Labute approximate surface area is 168 Å². The molecule has 0 aliphatic rings. The van der Waals surface area contributed by atoms with Gasteiger partial charge >= 0.3 is 0 Å². The monoisotopic (exact) mass is 388 g/mol. The van der Waals surface area contributed by atoms with Crippen LogP contribution in [0.25, 0.3) is 22.3 Å². The zero-order chi connectivity index (χ0) is 20.2. The van der Waals surface area contributed by atoms with Crippen LogP contribution in [0.15, 0.2) is 66.9 Å². The minimum absolute atomic E-state index is 0.184. The fourth-order valence-electron chi connectivity index (χ4n) is 3.33. The zero-order valence-corrected chi connectivity index (χ0v) is 16.1. The maximum absolute atomic E-state index is 13.7. The smallest absolute Gasteiger partial charge is 0.252 e. The fourth-order valence-corrected chi connectivity index (χ4v) is 3.33. The van der Waals surface area contributed by atoms with E-state index in [4.69, 9.17) is 0 Å². The minimum atomic E-state index is -0.346. The maximum atomic E-state index is 13.7. The van der Waals surface area contributed by atoms with Crippen molar-refractivity contribution in [3.05, 3.63) is 83.8 Å². The summed E-state index contributed by atoms with van der Waals surface area (Å²) in [5, 5.41) is 7.88. The van der Waals surface area contributed by atoms with Gasteiger partial charge in [0, 0.05) is 19.2 Å². The van der Waals surface area contributed by atoms with Gasteiger partial charge in [0.25, 0.3) is 5.91 Å². The highest BCUT2D eigenvalue weighted by atomic mass is 19.1. The number of aromatic nitrogens is 3. The highest BCUT2D eigenvalue weighted by Crippen LogP contribution is 2.25. The second-order valence-electron chi connectivity index (χ2n) is 6.92. The van der Waals surface area contributed by atoms with Crippen LogP contribution in [-0.2, 0) is 13.5 Å². The van der Waals surface area contributed by atoms with Gasteiger partial charge in [-0.15, -0.1) is 0 Å². The molecule has 1 N–H and O–H groups in total. The lowest BCUT2D eigenvalue weighted by molar-refractivity contribution is 0.0955. The molecule has 0 atom stereocenters. The first-order valence-electron chi connectivity index (χ1n) is 9.52. The molecule has 4 rings (SSSR count). The quantitative estimate of drug-likeness (QED) is 0.505. The Balaban J connectivity index is 1.56. The van der Waals surface area contributed by atoms with E-state index in [9.17, 15) is 9.18 Å². The van der Waals surface area contributed by atoms with Crippen LogP contribution < -0.4 is 5.32 Å². The molecule has 0 spiro atoms. The Morgan fingerprint density at radius 1 is 1.10 bits per heavy atom. The van der Waals surface area contributed by atoms with Crippen molar-refractivity contribution in [1.29, 1.82) is 0 Å². The van der Waals surface area contributed by atoms with Crippen molar-refractivity contribution in [2.75, 3.05) is 6.54 Å². The summed E-state index contributed by atoms with van der Waals surface area (Å²) in [4.78, 5) is 17.5. The number of carbonyl (C=O) groups is 1. The number of carbonyl (C=O) groups excluding carboxylic acids is 1. The zero-order valence-electron chi connectivity index (χ0n) is 16.1. The molecule has 0 bridgehead atoms. The number of aryl methyl sites for hydroxylation is 2. The van der Waals surface area contributed by atoms with Gasteiger partial charge in [0.2, 0.25) is 0 Å². The molecule has 2 aromatic carbocycles. The number of nitrogens with one attached hydrogen (secondary N) is 1. The largest absolute Gasteiger partial charge is 0.352 e. The molecule has 1 amide bonds. The SMILES string of the molecule is Cn1ncc2c(C(=O)NCCCc3ccccc3)cc(-c3cccc(F)c3)nc21. The molecule has 2 heterocycles. The molecule has 0 fully saturated rings. The predicted molar refractivity (Wildman–Crippen MR) is 111 cm³/mol. The van der Waals surface area contributed by atoms with Crippen LogP contribution in [0.1, 0.15) is 22.3 Å². The van der Waals surface area contributed by atoms with Crippen molar-refractivity contribution in [1.82, 2.24) is 20.1 Å². The topological polar surface area (TPSA) is 59.8 Å². The summed E-state index contributed by atoms with van der Waals surface area (Å²) in [6.45, 7) is 0.563. The van der Waals surface area contributed by atoms with Gasteiger partial charge in [0.1, 0.15) is 5.82 Å². The number of hydrogen-bond donors (Lipinski definition) is 1. The van der Waals surface area contributed by atoms with Gasteiger partial charge in [-0.3, -0.25) is 9.48 Å².